The summed E-state index contributed by atoms with van der Waals surface area (Å²) in [5.41, 5.74) is 0. The lowest BCUT2D eigenvalue weighted by atomic mass is 9.95. The molecular formula is C18H31N3O3. The number of hydrogen-bond donors (Lipinski definition) is 1. The van der Waals surface area contributed by atoms with Crippen molar-refractivity contribution >= 4 is 11.8 Å². The van der Waals surface area contributed by atoms with Gasteiger partial charge in [-0.15, -0.1) is 0 Å². The Kier molecular flexibility index (Phi) is 6.49. The van der Waals surface area contributed by atoms with Crippen LogP contribution in [0.25, 0.3) is 0 Å². The number of nitrogens with one attached hydrogen (secondary N) is 1. The lowest BCUT2D eigenvalue weighted by Crippen LogP contribution is -2.49. The predicted octanol–water partition coefficient (Wildman–Crippen LogP) is 1.01. The smallest absolute Gasteiger partial charge is 0.234 e. The van der Waals surface area contributed by atoms with Gasteiger partial charge in [-0.1, -0.05) is 0 Å². The van der Waals surface area contributed by atoms with Gasteiger partial charge in [-0.3, -0.25) is 14.5 Å². The van der Waals surface area contributed by atoms with Crippen LogP contribution < -0.4 is 5.32 Å². The summed E-state index contributed by atoms with van der Waals surface area (Å²) in [6.45, 7) is 5.29. The Morgan fingerprint density at radius 1 is 1.00 bits per heavy atom. The number of rotatable bonds is 5. The second-order valence-corrected chi connectivity index (χ2v) is 7.40. The Hall–Kier alpha value is -1.14. The fraction of sp³-hybridized carbons (Fsp3) is 0.889. The molecule has 2 amide bonds. The molecule has 0 aromatic carbocycles. The first-order chi connectivity index (χ1) is 11.7. The number of piperidine rings is 2. The number of likely N-dealkylation sites (tertiary alicyclic amines) is 2. The number of amides is 2. The van der Waals surface area contributed by atoms with Crippen LogP contribution in [0, 0.1) is 5.92 Å². The molecule has 6 nitrogen and oxygen atoms in total. The van der Waals surface area contributed by atoms with E-state index in [1.807, 2.05) is 4.90 Å². The van der Waals surface area contributed by atoms with E-state index in [9.17, 15) is 9.59 Å². The highest BCUT2D eigenvalue weighted by molar-refractivity contribution is 5.80. The third kappa shape index (κ3) is 4.93. The van der Waals surface area contributed by atoms with Crippen molar-refractivity contribution < 1.29 is 14.3 Å². The molecule has 0 aromatic heterocycles. The quantitative estimate of drug-likeness (QED) is 0.813. The molecule has 3 saturated heterocycles. The molecule has 24 heavy (non-hydrogen) atoms. The maximum atomic E-state index is 12.7. The molecule has 3 fully saturated rings. The standard InChI is InChI=1S/C18H31N3O3/c22-17(19-12-16-7-5-11-24-16)14-20-8-4-6-15(13-20)18(23)21-9-2-1-3-10-21/h15-16H,1-14H2,(H,19,22). The molecule has 0 radical (unpaired) electrons. The molecule has 3 heterocycles. The summed E-state index contributed by atoms with van der Waals surface area (Å²) in [6.07, 6.45) is 7.78. The van der Waals surface area contributed by atoms with E-state index in [4.69, 9.17) is 4.74 Å². The maximum absolute atomic E-state index is 12.7. The van der Waals surface area contributed by atoms with Gasteiger partial charge in [0, 0.05) is 32.8 Å². The average molecular weight is 337 g/mol. The second kappa shape index (κ2) is 8.81. The van der Waals surface area contributed by atoms with E-state index in [1.165, 1.54) is 6.42 Å². The molecule has 0 aliphatic carbocycles. The molecule has 0 spiro atoms. The lowest BCUT2D eigenvalue weighted by molar-refractivity contribution is -0.139. The highest BCUT2D eigenvalue weighted by atomic mass is 16.5. The molecule has 136 valence electrons. The highest BCUT2D eigenvalue weighted by Crippen LogP contribution is 2.21. The van der Waals surface area contributed by atoms with Crippen molar-refractivity contribution in [3.05, 3.63) is 0 Å². The van der Waals surface area contributed by atoms with Crippen LogP contribution in [0.5, 0.6) is 0 Å². The molecule has 0 saturated carbocycles. The van der Waals surface area contributed by atoms with Crippen LogP contribution in [0.2, 0.25) is 0 Å². The van der Waals surface area contributed by atoms with Crippen molar-refractivity contribution in [2.75, 3.05) is 45.9 Å². The molecule has 3 rings (SSSR count). The third-order valence-electron chi connectivity index (χ3n) is 5.44. The zero-order valence-electron chi connectivity index (χ0n) is 14.7. The van der Waals surface area contributed by atoms with E-state index in [1.54, 1.807) is 0 Å². The van der Waals surface area contributed by atoms with Gasteiger partial charge in [0.15, 0.2) is 0 Å². The van der Waals surface area contributed by atoms with Gasteiger partial charge in [-0.05, 0) is 51.5 Å². The maximum Gasteiger partial charge on any atom is 0.234 e. The molecule has 1 N–H and O–H groups in total. The molecule has 2 atom stereocenters. The molecule has 3 aliphatic rings. The van der Waals surface area contributed by atoms with Crippen molar-refractivity contribution in [1.29, 1.82) is 0 Å². The number of carbonyl (C=O) groups is 2. The molecule has 6 heteroatoms. The van der Waals surface area contributed by atoms with E-state index in [-0.39, 0.29) is 17.9 Å². The Labute approximate surface area is 144 Å². The lowest BCUT2D eigenvalue weighted by Gasteiger charge is -2.36. The van der Waals surface area contributed by atoms with Crippen LogP contribution in [0.4, 0.5) is 0 Å². The zero-order valence-corrected chi connectivity index (χ0v) is 14.7. The van der Waals surface area contributed by atoms with Gasteiger partial charge in [0.1, 0.15) is 0 Å². The van der Waals surface area contributed by atoms with Crippen LogP contribution >= 0.6 is 0 Å². The summed E-state index contributed by atoms with van der Waals surface area (Å²) in [5.74, 6) is 0.429. The number of nitrogens with zero attached hydrogens (tertiary/aromatic N) is 2. The highest BCUT2D eigenvalue weighted by Gasteiger charge is 2.30. The van der Waals surface area contributed by atoms with Gasteiger partial charge in [0.05, 0.1) is 18.6 Å². The van der Waals surface area contributed by atoms with Crippen LogP contribution in [0.1, 0.15) is 44.9 Å². The Morgan fingerprint density at radius 2 is 1.83 bits per heavy atom. The minimum Gasteiger partial charge on any atom is -0.376 e. The van der Waals surface area contributed by atoms with E-state index < -0.39 is 0 Å². The Morgan fingerprint density at radius 3 is 2.58 bits per heavy atom. The van der Waals surface area contributed by atoms with Crippen molar-refractivity contribution in [3.8, 4) is 0 Å². The van der Waals surface area contributed by atoms with E-state index in [0.717, 1.165) is 71.3 Å². The molecule has 0 aromatic rings. The first kappa shape index (κ1) is 17.7. The summed E-state index contributed by atoms with van der Waals surface area (Å²) in [6, 6.07) is 0. The van der Waals surface area contributed by atoms with Gasteiger partial charge >= 0.3 is 0 Å². The van der Waals surface area contributed by atoms with Gasteiger partial charge < -0.3 is 15.0 Å². The molecule has 0 bridgehead atoms. The van der Waals surface area contributed by atoms with Crippen molar-refractivity contribution in [2.24, 2.45) is 5.92 Å². The van der Waals surface area contributed by atoms with Crippen LogP contribution in [0.15, 0.2) is 0 Å². The second-order valence-electron chi connectivity index (χ2n) is 7.40. The van der Waals surface area contributed by atoms with Crippen molar-refractivity contribution in [3.63, 3.8) is 0 Å². The fourth-order valence-electron chi connectivity index (χ4n) is 4.07. The summed E-state index contributed by atoms with van der Waals surface area (Å²) in [7, 11) is 0. The first-order valence-electron chi connectivity index (χ1n) is 9.62. The molecule has 3 aliphatic heterocycles. The predicted molar refractivity (Wildman–Crippen MR) is 91.6 cm³/mol. The Bertz CT molecular complexity index is 431. The van der Waals surface area contributed by atoms with Crippen LogP contribution in [0.3, 0.4) is 0 Å². The largest absolute Gasteiger partial charge is 0.376 e. The van der Waals surface area contributed by atoms with Gasteiger partial charge in [0.25, 0.3) is 0 Å². The first-order valence-corrected chi connectivity index (χ1v) is 9.62. The van der Waals surface area contributed by atoms with E-state index in [2.05, 4.69) is 10.2 Å². The molecular weight excluding hydrogens is 306 g/mol. The summed E-state index contributed by atoms with van der Waals surface area (Å²) < 4.78 is 5.53. The SMILES string of the molecule is O=C(CN1CCCC(C(=O)N2CCCCC2)C1)NCC1CCCO1. The monoisotopic (exact) mass is 337 g/mol. The topological polar surface area (TPSA) is 61.9 Å². The summed E-state index contributed by atoms with van der Waals surface area (Å²) in [5, 5.41) is 2.98. The number of carbonyl (C=O) groups excluding carboxylic acids is 2. The summed E-state index contributed by atoms with van der Waals surface area (Å²) >= 11 is 0. The normalized spacial score (nSPS) is 28.8. The van der Waals surface area contributed by atoms with Crippen LogP contribution in [-0.4, -0.2) is 73.6 Å². The van der Waals surface area contributed by atoms with Crippen molar-refractivity contribution in [2.45, 2.75) is 51.0 Å². The average Bonchev–Trinajstić information content (AvgIpc) is 3.14. The summed E-state index contributed by atoms with van der Waals surface area (Å²) in [4.78, 5) is 29.0. The van der Waals surface area contributed by atoms with Gasteiger partial charge in [-0.25, -0.2) is 0 Å². The van der Waals surface area contributed by atoms with E-state index in [0.29, 0.717) is 19.0 Å². The van der Waals surface area contributed by atoms with E-state index >= 15 is 0 Å². The van der Waals surface area contributed by atoms with Gasteiger partial charge in [0.2, 0.25) is 11.8 Å². The minimum absolute atomic E-state index is 0.0524. The zero-order chi connectivity index (χ0) is 16.8. The fourth-order valence-corrected chi connectivity index (χ4v) is 4.07. The number of hydrogen-bond acceptors (Lipinski definition) is 4. The number of ether oxygens (including phenoxy) is 1. The van der Waals surface area contributed by atoms with Crippen molar-refractivity contribution in [1.82, 2.24) is 15.1 Å². The molecule has 2 unspecified atom stereocenters. The van der Waals surface area contributed by atoms with Gasteiger partial charge in [-0.2, -0.15) is 0 Å². The van der Waals surface area contributed by atoms with Crippen LogP contribution in [-0.2, 0) is 14.3 Å². The third-order valence-corrected chi connectivity index (χ3v) is 5.44. The Balaban J connectivity index is 1.41. The minimum atomic E-state index is 0.0524.